The van der Waals surface area contributed by atoms with E-state index in [0.29, 0.717) is 17.9 Å². The van der Waals surface area contributed by atoms with Gasteiger partial charge in [-0.1, -0.05) is 48.9 Å². The van der Waals surface area contributed by atoms with Crippen LogP contribution in [-0.4, -0.2) is 50.9 Å². The second-order valence-corrected chi connectivity index (χ2v) is 12.4. The third-order valence-electron chi connectivity index (χ3n) is 7.06. The van der Waals surface area contributed by atoms with Gasteiger partial charge in [0.15, 0.2) is 0 Å². The van der Waals surface area contributed by atoms with E-state index in [-0.39, 0.29) is 23.4 Å². The first-order chi connectivity index (χ1) is 19.4. The zero-order chi connectivity index (χ0) is 30.3. The predicted molar refractivity (Wildman–Crippen MR) is 163 cm³/mol. The van der Waals surface area contributed by atoms with Crippen molar-refractivity contribution in [3.05, 3.63) is 89.0 Å². The molecule has 0 aromatic heterocycles. The van der Waals surface area contributed by atoms with Gasteiger partial charge in [-0.05, 0) is 88.1 Å². The Bertz CT molecular complexity index is 1450. The number of carbonyl (C=O) groups is 2. The molecule has 41 heavy (non-hydrogen) atoms. The van der Waals surface area contributed by atoms with Crippen molar-refractivity contribution in [2.45, 2.75) is 71.5 Å². The highest BCUT2D eigenvalue weighted by molar-refractivity contribution is 7.92. The summed E-state index contributed by atoms with van der Waals surface area (Å²) in [6, 6.07) is 18.3. The number of carbonyl (C=O) groups excluding carboxylic acids is 2. The van der Waals surface area contributed by atoms with Gasteiger partial charge in [0, 0.05) is 12.6 Å². The van der Waals surface area contributed by atoms with E-state index >= 15 is 0 Å². The maximum absolute atomic E-state index is 14.2. The Balaban J connectivity index is 2.10. The predicted octanol–water partition coefficient (Wildman–Crippen LogP) is 5.15. The van der Waals surface area contributed by atoms with Gasteiger partial charge in [0.05, 0.1) is 17.7 Å². The summed E-state index contributed by atoms with van der Waals surface area (Å²) >= 11 is 0. The fourth-order valence-electron chi connectivity index (χ4n) is 4.58. The average molecular weight is 580 g/mol. The SMILES string of the molecule is CCC(C(=O)NC(C)C)N(Cc1ccc(OC)cc1)C(=O)CN(c1cccc(C)c1C)S(=O)(=O)c1ccc(C)cc1. The highest BCUT2D eigenvalue weighted by atomic mass is 32.2. The molecule has 2 amide bonds. The van der Waals surface area contributed by atoms with Crippen LogP contribution in [0.1, 0.15) is 49.4 Å². The molecule has 3 aromatic carbocycles. The minimum Gasteiger partial charge on any atom is -0.497 e. The minimum absolute atomic E-state index is 0.0862. The zero-order valence-electron chi connectivity index (χ0n) is 25.0. The molecule has 0 aliphatic heterocycles. The van der Waals surface area contributed by atoms with Crippen LogP contribution in [0.2, 0.25) is 0 Å². The van der Waals surface area contributed by atoms with Gasteiger partial charge in [0.2, 0.25) is 11.8 Å². The van der Waals surface area contributed by atoms with Gasteiger partial charge >= 0.3 is 0 Å². The van der Waals surface area contributed by atoms with E-state index in [2.05, 4.69) is 5.32 Å². The van der Waals surface area contributed by atoms with Gasteiger partial charge in [-0.3, -0.25) is 13.9 Å². The van der Waals surface area contributed by atoms with Crippen LogP contribution in [0, 0.1) is 20.8 Å². The molecule has 0 spiro atoms. The third-order valence-corrected chi connectivity index (χ3v) is 8.84. The number of anilines is 1. The number of nitrogens with one attached hydrogen (secondary N) is 1. The first-order valence-corrected chi connectivity index (χ1v) is 15.2. The summed E-state index contributed by atoms with van der Waals surface area (Å²) in [5.74, 6) is -0.103. The third kappa shape index (κ3) is 7.67. The van der Waals surface area contributed by atoms with Crippen molar-refractivity contribution in [2.75, 3.05) is 18.0 Å². The normalized spacial score (nSPS) is 12.1. The molecular formula is C32H41N3O5S. The highest BCUT2D eigenvalue weighted by Crippen LogP contribution is 2.29. The molecule has 0 bridgehead atoms. The summed E-state index contributed by atoms with van der Waals surface area (Å²) in [7, 11) is -2.55. The summed E-state index contributed by atoms with van der Waals surface area (Å²) in [6.07, 6.45) is 0.356. The van der Waals surface area contributed by atoms with Crippen molar-refractivity contribution < 1.29 is 22.7 Å². The second-order valence-electron chi connectivity index (χ2n) is 10.5. The van der Waals surface area contributed by atoms with Crippen molar-refractivity contribution in [3.63, 3.8) is 0 Å². The molecule has 3 rings (SSSR count). The molecule has 0 saturated heterocycles. The minimum atomic E-state index is -4.12. The lowest BCUT2D eigenvalue weighted by molar-refractivity contribution is -0.140. The maximum atomic E-state index is 14.2. The van der Waals surface area contributed by atoms with Crippen LogP contribution in [-0.2, 0) is 26.2 Å². The van der Waals surface area contributed by atoms with E-state index in [0.717, 1.165) is 26.6 Å². The molecule has 0 heterocycles. The number of methoxy groups -OCH3 is 1. The monoisotopic (exact) mass is 579 g/mol. The van der Waals surface area contributed by atoms with Gasteiger partial charge in [-0.2, -0.15) is 0 Å². The van der Waals surface area contributed by atoms with Crippen molar-refractivity contribution in [1.82, 2.24) is 10.2 Å². The Hall–Kier alpha value is -3.85. The molecule has 0 radical (unpaired) electrons. The van der Waals surface area contributed by atoms with Gasteiger partial charge in [-0.15, -0.1) is 0 Å². The number of sulfonamides is 1. The summed E-state index contributed by atoms with van der Waals surface area (Å²) in [5, 5.41) is 2.91. The van der Waals surface area contributed by atoms with Crippen LogP contribution in [0.15, 0.2) is 71.6 Å². The molecule has 3 aromatic rings. The van der Waals surface area contributed by atoms with Crippen LogP contribution >= 0.6 is 0 Å². The first-order valence-electron chi connectivity index (χ1n) is 13.8. The number of benzene rings is 3. The fourth-order valence-corrected chi connectivity index (χ4v) is 6.06. The summed E-state index contributed by atoms with van der Waals surface area (Å²) in [5.41, 5.74) is 3.78. The molecular weight excluding hydrogens is 538 g/mol. The zero-order valence-corrected chi connectivity index (χ0v) is 25.8. The number of hydrogen-bond donors (Lipinski definition) is 1. The van der Waals surface area contributed by atoms with Crippen LogP contribution in [0.25, 0.3) is 0 Å². The van der Waals surface area contributed by atoms with Crippen LogP contribution in [0.5, 0.6) is 5.75 Å². The van der Waals surface area contributed by atoms with E-state index in [1.165, 1.54) is 4.90 Å². The highest BCUT2D eigenvalue weighted by Gasteiger charge is 2.34. The number of rotatable bonds is 12. The quantitative estimate of drug-likeness (QED) is 0.320. The number of nitrogens with zero attached hydrogens (tertiary/aromatic N) is 2. The maximum Gasteiger partial charge on any atom is 0.264 e. The molecule has 1 N–H and O–H groups in total. The average Bonchev–Trinajstić information content (AvgIpc) is 2.93. The standard InChI is InChI=1S/C32H41N3O5S/c1-8-29(32(37)33-22(2)3)34(20-26-14-16-27(40-7)17-15-26)31(36)21-35(30-11-9-10-24(5)25(30)6)41(38,39)28-18-12-23(4)13-19-28/h9-19,22,29H,8,20-21H2,1-7H3,(H,33,37). The lowest BCUT2D eigenvalue weighted by Gasteiger charge is -2.34. The van der Waals surface area contributed by atoms with Crippen molar-refractivity contribution >= 4 is 27.5 Å². The van der Waals surface area contributed by atoms with E-state index in [1.807, 2.05) is 59.7 Å². The first kappa shape index (κ1) is 31.7. The van der Waals surface area contributed by atoms with Gasteiger partial charge in [0.1, 0.15) is 18.3 Å². The van der Waals surface area contributed by atoms with Crippen LogP contribution < -0.4 is 14.4 Å². The van der Waals surface area contributed by atoms with E-state index < -0.39 is 28.5 Å². The number of amides is 2. The lowest BCUT2D eigenvalue weighted by Crippen LogP contribution is -2.53. The van der Waals surface area contributed by atoms with Crippen LogP contribution in [0.4, 0.5) is 5.69 Å². The number of ether oxygens (including phenoxy) is 1. The Kier molecular flexibility index (Phi) is 10.6. The van der Waals surface area contributed by atoms with Crippen molar-refractivity contribution in [2.24, 2.45) is 0 Å². The summed E-state index contributed by atoms with van der Waals surface area (Å²) in [6.45, 7) is 10.8. The number of hydrogen-bond acceptors (Lipinski definition) is 5. The van der Waals surface area contributed by atoms with Gasteiger partial charge in [0.25, 0.3) is 10.0 Å². The second kappa shape index (κ2) is 13.7. The van der Waals surface area contributed by atoms with Crippen LogP contribution in [0.3, 0.4) is 0 Å². The van der Waals surface area contributed by atoms with E-state index in [9.17, 15) is 18.0 Å². The molecule has 0 aliphatic rings. The Morgan fingerprint density at radius 3 is 2.12 bits per heavy atom. The van der Waals surface area contributed by atoms with E-state index in [4.69, 9.17) is 4.74 Å². The molecule has 0 fully saturated rings. The molecule has 8 nitrogen and oxygen atoms in total. The largest absolute Gasteiger partial charge is 0.497 e. The molecule has 0 aliphatic carbocycles. The molecule has 1 atom stereocenters. The van der Waals surface area contributed by atoms with Crippen molar-refractivity contribution in [1.29, 1.82) is 0 Å². The Morgan fingerprint density at radius 2 is 1.56 bits per heavy atom. The van der Waals surface area contributed by atoms with Crippen molar-refractivity contribution in [3.8, 4) is 5.75 Å². The molecule has 0 saturated carbocycles. The lowest BCUT2D eigenvalue weighted by atomic mass is 10.1. The summed E-state index contributed by atoms with van der Waals surface area (Å²) in [4.78, 5) is 29.0. The summed E-state index contributed by atoms with van der Waals surface area (Å²) < 4.78 is 34.6. The Labute approximate surface area is 244 Å². The van der Waals surface area contributed by atoms with Gasteiger partial charge in [-0.25, -0.2) is 8.42 Å². The fraction of sp³-hybridized carbons (Fsp3) is 0.375. The Morgan fingerprint density at radius 1 is 0.927 bits per heavy atom. The van der Waals surface area contributed by atoms with Gasteiger partial charge < -0.3 is 15.0 Å². The molecule has 1 unspecified atom stereocenters. The van der Waals surface area contributed by atoms with E-state index in [1.54, 1.807) is 55.6 Å². The molecule has 220 valence electrons. The topological polar surface area (TPSA) is 96.0 Å². The molecule has 9 heteroatoms. The smallest absolute Gasteiger partial charge is 0.264 e. The number of aryl methyl sites for hydroxylation is 2.